The molecule has 5 nitrogen and oxygen atoms in total. The summed E-state index contributed by atoms with van der Waals surface area (Å²) in [6, 6.07) is 0.505. The van der Waals surface area contributed by atoms with E-state index in [1.165, 1.54) is 18.5 Å². The lowest BCUT2D eigenvalue weighted by Gasteiger charge is -2.22. The first-order valence-corrected chi connectivity index (χ1v) is 5.72. The van der Waals surface area contributed by atoms with Crippen LogP contribution in [-0.2, 0) is 4.79 Å². The standard InChI is InChI=1S/C11H11ClFN3O2/c12-8-4-15-2-1-7(8)11(18)16-5-6(13)3-9(16)10(14)17/h1-2,4,6,9H,3,5H2,(H2,14,17)/t6-,9+/m1/s1. The zero-order valence-electron chi connectivity index (χ0n) is 9.35. The monoisotopic (exact) mass is 271 g/mol. The number of hydrogen-bond donors (Lipinski definition) is 1. The number of aromatic nitrogens is 1. The van der Waals surface area contributed by atoms with Gasteiger partial charge in [0.2, 0.25) is 5.91 Å². The van der Waals surface area contributed by atoms with Gasteiger partial charge < -0.3 is 10.6 Å². The van der Waals surface area contributed by atoms with Crippen molar-refractivity contribution >= 4 is 23.4 Å². The highest BCUT2D eigenvalue weighted by Crippen LogP contribution is 2.24. The molecule has 1 aromatic rings. The maximum absolute atomic E-state index is 13.3. The van der Waals surface area contributed by atoms with Crippen LogP contribution >= 0.6 is 11.6 Å². The highest BCUT2D eigenvalue weighted by Gasteiger charge is 2.39. The summed E-state index contributed by atoms with van der Waals surface area (Å²) in [6.45, 7) is -0.148. The molecule has 0 aromatic carbocycles. The molecule has 1 aliphatic heterocycles. The van der Waals surface area contributed by atoms with Gasteiger partial charge in [-0.25, -0.2) is 4.39 Å². The summed E-state index contributed by atoms with van der Waals surface area (Å²) in [5.74, 6) is -1.22. The Balaban J connectivity index is 2.28. The summed E-state index contributed by atoms with van der Waals surface area (Å²) in [6.07, 6.45) is 1.41. The Kier molecular flexibility index (Phi) is 3.47. The smallest absolute Gasteiger partial charge is 0.256 e. The molecular formula is C11H11ClFN3O2. The molecule has 0 radical (unpaired) electrons. The Morgan fingerprint density at radius 2 is 2.28 bits per heavy atom. The van der Waals surface area contributed by atoms with Crippen LogP contribution in [0.4, 0.5) is 4.39 Å². The van der Waals surface area contributed by atoms with E-state index in [0.717, 1.165) is 4.90 Å². The van der Waals surface area contributed by atoms with E-state index in [1.54, 1.807) is 0 Å². The molecule has 1 fully saturated rings. The van der Waals surface area contributed by atoms with Crippen molar-refractivity contribution in [3.8, 4) is 0 Å². The Labute approximate surface area is 108 Å². The Hall–Kier alpha value is -1.69. The number of rotatable bonds is 2. The van der Waals surface area contributed by atoms with Crippen molar-refractivity contribution in [1.82, 2.24) is 9.88 Å². The summed E-state index contributed by atoms with van der Waals surface area (Å²) in [7, 11) is 0. The van der Waals surface area contributed by atoms with Crippen LogP contribution in [0.3, 0.4) is 0 Å². The van der Waals surface area contributed by atoms with Crippen LogP contribution in [0.1, 0.15) is 16.8 Å². The number of nitrogens with zero attached hydrogens (tertiary/aromatic N) is 2. The minimum atomic E-state index is -1.24. The van der Waals surface area contributed by atoms with Gasteiger partial charge in [0.05, 0.1) is 17.1 Å². The maximum atomic E-state index is 13.3. The normalized spacial score (nSPS) is 23.1. The van der Waals surface area contributed by atoms with Crippen molar-refractivity contribution in [3.05, 3.63) is 29.0 Å². The SMILES string of the molecule is NC(=O)[C@@H]1C[C@@H](F)CN1C(=O)c1ccncc1Cl. The van der Waals surface area contributed by atoms with Crippen molar-refractivity contribution in [3.63, 3.8) is 0 Å². The van der Waals surface area contributed by atoms with Gasteiger partial charge in [-0.2, -0.15) is 0 Å². The Bertz CT molecular complexity index is 497. The fraction of sp³-hybridized carbons (Fsp3) is 0.364. The molecule has 2 rings (SSSR count). The molecule has 2 N–H and O–H groups in total. The number of carbonyl (C=O) groups is 2. The molecule has 2 amide bonds. The van der Waals surface area contributed by atoms with Gasteiger partial charge in [0.25, 0.3) is 5.91 Å². The first-order chi connectivity index (χ1) is 8.50. The molecule has 2 heterocycles. The molecule has 7 heteroatoms. The van der Waals surface area contributed by atoms with Crippen molar-refractivity contribution in [2.45, 2.75) is 18.6 Å². The highest BCUT2D eigenvalue weighted by molar-refractivity contribution is 6.33. The number of halogens is 2. The largest absolute Gasteiger partial charge is 0.368 e. The molecule has 1 aromatic heterocycles. The summed E-state index contributed by atoms with van der Waals surface area (Å²) in [5, 5.41) is 0.160. The van der Waals surface area contributed by atoms with Crippen LogP contribution in [0.5, 0.6) is 0 Å². The number of primary amides is 1. The second-order valence-electron chi connectivity index (χ2n) is 4.06. The van der Waals surface area contributed by atoms with Crippen LogP contribution in [0.2, 0.25) is 5.02 Å². The van der Waals surface area contributed by atoms with Gasteiger partial charge in [-0.1, -0.05) is 11.6 Å². The average molecular weight is 272 g/mol. The van der Waals surface area contributed by atoms with Crippen LogP contribution in [0.25, 0.3) is 0 Å². The summed E-state index contributed by atoms with van der Waals surface area (Å²) < 4.78 is 13.3. The van der Waals surface area contributed by atoms with Crippen molar-refractivity contribution in [1.29, 1.82) is 0 Å². The van der Waals surface area contributed by atoms with Gasteiger partial charge in [0.15, 0.2) is 0 Å². The van der Waals surface area contributed by atoms with Crippen LogP contribution in [0, 0.1) is 0 Å². The van der Waals surface area contributed by atoms with E-state index in [9.17, 15) is 14.0 Å². The molecule has 2 atom stereocenters. The van der Waals surface area contributed by atoms with Crippen LogP contribution < -0.4 is 5.73 Å². The van der Waals surface area contributed by atoms with E-state index >= 15 is 0 Å². The first kappa shape index (κ1) is 12.8. The quantitative estimate of drug-likeness (QED) is 0.863. The third-order valence-electron chi connectivity index (χ3n) is 2.84. The minimum Gasteiger partial charge on any atom is -0.368 e. The minimum absolute atomic E-state index is 0.0657. The molecule has 0 aliphatic carbocycles. The molecule has 0 saturated carbocycles. The van der Waals surface area contributed by atoms with E-state index < -0.39 is 24.0 Å². The van der Waals surface area contributed by atoms with Gasteiger partial charge in [0.1, 0.15) is 12.2 Å². The molecular weight excluding hydrogens is 261 g/mol. The Morgan fingerprint density at radius 1 is 1.56 bits per heavy atom. The zero-order valence-corrected chi connectivity index (χ0v) is 10.1. The van der Waals surface area contributed by atoms with Gasteiger partial charge in [-0.05, 0) is 6.07 Å². The van der Waals surface area contributed by atoms with Crippen molar-refractivity contribution in [2.75, 3.05) is 6.54 Å². The molecule has 1 saturated heterocycles. The van der Waals surface area contributed by atoms with Crippen LogP contribution in [-0.4, -0.2) is 40.5 Å². The number of carbonyl (C=O) groups excluding carboxylic acids is 2. The van der Waals surface area contributed by atoms with Crippen molar-refractivity contribution < 1.29 is 14.0 Å². The topological polar surface area (TPSA) is 76.3 Å². The van der Waals surface area contributed by atoms with E-state index in [1.807, 2.05) is 0 Å². The molecule has 96 valence electrons. The van der Waals surface area contributed by atoms with Crippen molar-refractivity contribution in [2.24, 2.45) is 5.73 Å². The first-order valence-electron chi connectivity index (χ1n) is 5.34. The molecule has 18 heavy (non-hydrogen) atoms. The van der Waals surface area contributed by atoms with Gasteiger partial charge in [0, 0.05) is 18.8 Å². The summed E-state index contributed by atoms with van der Waals surface area (Å²) in [5.41, 5.74) is 5.35. The van der Waals surface area contributed by atoms with Gasteiger partial charge in [-0.3, -0.25) is 14.6 Å². The van der Waals surface area contributed by atoms with Gasteiger partial charge >= 0.3 is 0 Å². The second-order valence-corrected chi connectivity index (χ2v) is 4.47. The predicted octanol–water partition coefficient (Wildman–Crippen LogP) is 0.773. The molecule has 0 spiro atoms. The number of likely N-dealkylation sites (tertiary alicyclic amines) is 1. The maximum Gasteiger partial charge on any atom is 0.256 e. The van der Waals surface area contributed by atoms with E-state index in [-0.39, 0.29) is 23.6 Å². The third-order valence-corrected chi connectivity index (χ3v) is 3.14. The molecule has 0 bridgehead atoms. The Morgan fingerprint density at radius 3 is 2.89 bits per heavy atom. The van der Waals surface area contributed by atoms with Gasteiger partial charge in [-0.15, -0.1) is 0 Å². The summed E-state index contributed by atoms with van der Waals surface area (Å²) in [4.78, 5) is 28.2. The number of amides is 2. The third kappa shape index (κ3) is 2.28. The van der Waals surface area contributed by atoms with E-state index in [4.69, 9.17) is 17.3 Å². The number of alkyl halides is 1. The number of pyridine rings is 1. The number of nitrogens with two attached hydrogens (primary N) is 1. The van der Waals surface area contributed by atoms with E-state index in [0.29, 0.717) is 0 Å². The molecule has 1 aliphatic rings. The predicted molar refractivity (Wildman–Crippen MR) is 62.8 cm³/mol. The number of hydrogen-bond acceptors (Lipinski definition) is 3. The second kappa shape index (κ2) is 4.89. The lowest BCUT2D eigenvalue weighted by Crippen LogP contribution is -2.43. The van der Waals surface area contributed by atoms with Crippen LogP contribution in [0.15, 0.2) is 18.5 Å². The summed E-state index contributed by atoms with van der Waals surface area (Å²) >= 11 is 5.84. The average Bonchev–Trinajstić information content (AvgIpc) is 2.71. The van der Waals surface area contributed by atoms with E-state index in [2.05, 4.69) is 4.98 Å². The lowest BCUT2D eigenvalue weighted by molar-refractivity contribution is -0.121. The lowest BCUT2D eigenvalue weighted by atomic mass is 10.2. The highest BCUT2D eigenvalue weighted by atomic mass is 35.5. The molecule has 0 unspecified atom stereocenters. The fourth-order valence-corrected chi connectivity index (χ4v) is 2.18. The zero-order chi connectivity index (χ0) is 13.3. The fourth-order valence-electron chi connectivity index (χ4n) is 1.98.